The summed E-state index contributed by atoms with van der Waals surface area (Å²) in [7, 11) is 1.73. The van der Waals surface area contributed by atoms with Gasteiger partial charge in [-0.15, -0.1) is 0 Å². The molecule has 114 valence electrons. The van der Waals surface area contributed by atoms with Crippen molar-refractivity contribution < 1.29 is 19.1 Å². The van der Waals surface area contributed by atoms with Gasteiger partial charge in [-0.3, -0.25) is 9.69 Å². The summed E-state index contributed by atoms with van der Waals surface area (Å²) < 4.78 is 13.9. The van der Waals surface area contributed by atoms with Crippen molar-refractivity contribution in [1.82, 2.24) is 10.2 Å². The summed E-state index contributed by atoms with van der Waals surface area (Å²) in [4.78, 5) is 23.5. The standard InChI is InChI=1S/C15H19FN2O3/c1-3-17-14(19)10-18(2)9-12-6-4-11(8-13(12)16)5-7-15(20)21/h4-8H,3,9-10H2,1-2H3,(H,17,19)(H,20,21). The molecule has 0 spiro atoms. The third-order valence-corrected chi connectivity index (χ3v) is 2.72. The molecule has 0 unspecified atom stereocenters. The number of hydrogen-bond donors (Lipinski definition) is 2. The number of carbonyl (C=O) groups is 2. The van der Waals surface area contributed by atoms with E-state index in [4.69, 9.17) is 5.11 Å². The molecule has 2 N–H and O–H groups in total. The molecule has 0 fully saturated rings. The number of nitrogens with zero attached hydrogens (tertiary/aromatic N) is 1. The number of carbonyl (C=O) groups excluding carboxylic acids is 1. The van der Waals surface area contributed by atoms with Gasteiger partial charge in [0.15, 0.2) is 0 Å². The second kappa shape index (κ2) is 8.16. The maximum absolute atomic E-state index is 13.9. The quantitative estimate of drug-likeness (QED) is 0.748. The number of likely N-dealkylation sites (N-methyl/N-ethyl adjacent to an activating group) is 2. The SMILES string of the molecule is CCNC(=O)CN(C)Cc1ccc(C=CC(=O)O)cc1F. The minimum absolute atomic E-state index is 0.110. The Balaban J connectivity index is 2.68. The third-order valence-electron chi connectivity index (χ3n) is 2.72. The zero-order valence-corrected chi connectivity index (χ0v) is 12.1. The molecule has 0 aromatic heterocycles. The Morgan fingerprint density at radius 3 is 2.71 bits per heavy atom. The van der Waals surface area contributed by atoms with E-state index in [1.165, 1.54) is 12.1 Å². The average molecular weight is 294 g/mol. The van der Waals surface area contributed by atoms with Crippen molar-refractivity contribution in [2.45, 2.75) is 13.5 Å². The molecular weight excluding hydrogens is 275 g/mol. The number of carboxylic acids is 1. The Morgan fingerprint density at radius 1 is 1.43 bits per heavy atom. The van der Waals surface area contributed by atoms with Crippen LogP contribution < -0.4 is 5.32 Å². The zero-order chi connectivity index (χ0) is 15.8. The van der Waals surface area contributed by atoms with Crippen LogP contribution in [0.25, 0.3) is 6.08 Å². The van der Waals surface area contributed by atoms with Gasteiger partial charge >= 0.3 is 5.97 Å². The number of halogens is 1. The van der Waals surface area contributed by atoms with Gasteiger partial charge in [0, 0.05) is 24.7 Å². The Kier molecular flexibility index (Phi) is 6.55. The van der Waals surface area contributed by atoms with Gasteiger partial charge in [-0.25, -0.2) is 9.18 Å². The molecule has 0 saturated carbocycles. The summed E-state index contributed by atoms with van der Waals surface area (Å²) in [6, 6.07) is 4.50. The van der Waals surface area contributed by atoms with Gasteiger partial charge < -0.3 is 10.4 Å². The fourth-order valence-electron chi connectivity index (χ4n) is 1.81. The highest BCUT2D eigenvalue weighted by Crippen LogP contribution is 2.13. The van der Waals surface area contributed by atoms with E-state index >= 15 is 0 Å². The first kappa shape index (κ1) is 16.8. The predicted molar refractivity (Wildman–Crippen MR) is 78.1 cm³/mol. The highest BCUT2D eigenvalue weighted by atomic mass is 19.1. The first-order chi connectivity index (χ1) is 9.92. The first-order valence-corrected chi connectivity index (χ1v) is 6.57. The number of aliphatic carboxylic acids is 1. The molecule has 0 aliphatic carbocycles. The topological polar surface area (TPSA) is 69.6 Å². The van der Waals surface area contributed by atoms with E-state index < -0.39 is 11.8 Å². The maximum atomic E-state index is 13.9. The van der Waals surface area contributed by atoms with Crippen molar-refractivity contribution in [3.8, 4) is 0 Å². The lowest BCUT2D eigenvalue weighted by Crippen LogP contribution is -2.34. The van der Waals surface area contributed by atoms with Crippen molar-refractivity contribution >= 4 is 18.0 Å². The molecule has 0 atom stereocenters. The molecule has 0 heterocycles. The third kappa shape index (κ3) is 6.18. The highest BCUT2D eigenvalue weighted by molar-refractivity contribution is 5.85. The van der Waals surface area contributed by atoms with Crippen LogP contribution in [-0.4, -0.2) is 42.0 Å². The molecule has 6 heteroatoms. The summed E-state index contributed by atoms with van der Waals surface area (Å²) in [5.41, 5.74) is 0.930. The predicted octanol–water partition coefficient (Wildman–Crippen LogP) is 1.49. The summed E-state index contributed by atoms with van der Waals surface area (Å²) in [5, 5.41) is 11.2. The summed E-state index contributed by atoms with van der Waals surface area (Å²) in [6.45, 7) is 2.88. The molecule has 0 saturated heterocycles. The van der Waals surface area contributed by atoms with Gasteiger partial charge in [-0.2, -0.15) is 0 Å². The number of amides is 1. The van der Waals surface area contributed by atoms with Crippen LogP contribution in [0.2, 0.25) is 0 Å². The molecule has 0 radical (unpaired) electrons. The van der Waals surface area contributed by atoms with Crippen molar-refractivity contribution in [2.75, 3.05) is 20.1 Å². The Labute approximate surface area is 123 Å². The molecule has 0 bridgehead atoms. The monoisotopic (exact) mass is 294 g/mol. The fourth-order valence-corrected chi connectivity index (χ4v) is 1.81. The second-order valence-electron chi connectivity index (χ2n) is 4.65. The molecule has 21 heavy (non-hydrogen) atoms. The number of benzene rings is 1. The molecule has 0 aliphatic rings. The molecule has 1 amide bonds. The number of hydrogen-bond acceptors (Lipinski definition) is 3. The van der Waals surface area contributed by atoms with Gasteiger partial charge in [-0.1, -0.05) is 12.1 Å². The minimum atomic E-state index is -1.08. The average Bonchev–Trinajstić information content (AvgIpc) is 2.39. The normalized spacial score (nSPS) is 11.0. The van der Waals surface area contributed by atoms with Gasteiger partial charge in [0.05, 0.1) is 6.54 Å². The summed E-state index contributed by atoms with van der Waals surface area (Å²) >= 11 is 0. The van der Waals surface area contributed by atoms with Crippen molar-refractivity contribution in [2.24, 2.45) is 0 Å². The van der Waals surface area contributed by atoms with Gasteiger partial charge in [-0.05, 0) is 31.7 Å². The van der Waals surface area contributed by atoms with E-state index in [0.29, 0.717) is 24.2 Å². The van der Waals surface area contributed by atoms with Crippen molar-refractivity contribution in [1.29, 1.82) is 0 Å². The van der Waals surface area contributed by atoms with Crippen molar-refractivity contribution in [3.05, 3.63) is 41.2 Å². The fraction of sp³-hybridized carbons (Fsp3) is 0.333. The van der Waals surface area contributed by atoms with Crippen LogP contribution in [0.1, 0.15) is 18.1 Å². The van der Waals surface area contributed by atoms with E-state index in [2.05, 4.69) is 5.32 Å². The van der Waals surface area contributed by atoms with Crippen LogP contribution >= 0.6 is 0 Å². The van der Waals surface area contributed by atoms with Crippen LogP contribution in [0, 0.1) is 5.82 Å². The van der Waals surface area contributed by atoms with E-state index in [1.807, 2.05) is 6.92 Å². The Morgan fingerprint density at radius 2 is 2.14 bits per heavy atom. The number of nitrogens with one attached hydrogen (secondary N) is 1. The van der Waals surface area contributed by atoms with Crippen LogP contribution in [0.5, 0.6) is 0 Å². The van der Waals surface area contributed by atoms with E-state index in [-0.39, 0.29) is 12.5 Å². The highest BCUT2D eigenvalue weighted by Gasteiger charge is 2.09. The Hall–Kier alpha value is -2.21. The van der Waals surface area contributed by atoms with Crippen LogP contribution in [0.15, 0.2) is 24.3 Å². The minimum Gasteiger partial charge on any atom is -0.478 e. The van der Waals surface area contributed by atoms with Crippen LogP contribution in [0.4, 0.5) is 4.39 Å². The maximum Gasteiger partial charge on any atom is 0.328 e. The molecule has 1 rings (SSSR count). The molecule has 0 aliphatic heterocycles. The Bertz CT molecular complexity index is 544. The van der Waals surface area contributed by atoms with Crippen molar-refractivity contribution in [3.63, 3.8) is 0 Å². The summed E-state index contributed by atoms with van der Waals surface area (Å²) in [6.07, 6.45) is 2.28. The molecule has 1 aromatic carbocycles. The molecule has 5 nitrogen and oxygen atoms in total. The largest absolute Gasteiger partial charge is 0.478 e. The smallest absolute Gasteiger partial charge is 0.328 e. The number of rotatable bonds is 7. The zero-order valence-electron chi connectivity index (χ0n) is 12.1. The molecular formula is C15H19FN2O3. The lowest BCUT2D eigenvalue weighted by molar-refractivity contribution is -0.131. The number of carboxylic acid groups (broad SMARTS) is 1. The second-order valence-corrected chi connectivity index (χ2v) is 4.65. The summed E-state index contributed by atoms with van der Waals surface area (Å²) in [5.74, 6) is -1.62. The van der Waals surface area contributed by atoms with Gasteiger partial charge in [0.1, 0.15) is 5.82 Å². The van der Waals surface area contributed by atoms with E-state index in [9.17, 15) is 14.0 Å². The van der Waals surface area contributed by atoms with Crippen LogP contribution in [-0.2, 0) is 16.1 Å². The van der Waals surface area contributed by atoms with Gasteiger partial charge in [0.25, 0.3) is 0 Å². The molecule has 1 aromatic rings. The first-order valence-electron chi connectivity index (χ1n) is 6.57. The van der Waals surface area contributed by atoms with Gasteiger partial charge in [0.2, 0.25) is 5.91 Å². The van der Waals surface area contributed by atoms with E-state index in [1.54, 1.807) is 24.1 Å². The lowest BCUT2D eigenvalue weighted by atomic mass is 10.1. The van der Waals surface area contributed by atoms with Crippen LogP contribution in [0.3, 0.4) is 0 Å². The lowest BCUT2D eigenvalue weighted by Gasteiger charge is -2.16. The van der Waals surface area contributed by atoms with E-state index in [0.717, 1.165) is 6.08 Å².